The zero-order chi connectivity index (χ0) is 21.1. The van der Waals surface area contributed by atoms with E-state index in [1.54, 1.807) is 12.1 Å². The zero-order valence-corrected chi connectivity index (χ0v) is 18.3. The molecule has 0 atom stereocenters. The third-order valence-electron chi connectivity index (χ3n) is 5.60. The first-order valence-electron chi connectivity index (χ1n) is 10.3. The van der Waals surface area contributed by atoms with Gasteiger partial charge in [-0.2, -0.15) is 0 Å². The number of likely N-dealkylation sites (N-methyl/N-ethyl adjacent to an activating group) is 1. The Morgan fingerprint density at radius 3 is 2.13 bits per heavy atom. The van der Waals surface area contributed by atoms with Crippen molar-refractivity contribution in [3.63, 3.8) is 0 Å². The summed E-state index contributed by atoms with van der Waals surface area (Å²) in [5, 5.41) is 3.52. The van der Waals surface area contributed by atoms with Crippen molar-refractivity contribution in [3.8, 4) is 0 Å². The van der Waals surface area contributed by atoms with E-state index in [1.807, 2.05) is 24.0 Å². The summed E-state index contributed by atoms with van der Waals surface area (Å²) in [6.07, 6.45) is 0. The lowest BCUT2D eigenvalue weighted by Crippen LogP contribution is -2.50. The molecule has 0 radical (unpaired) electrons. The van der Waals surface area contributed by atoms with Crippen molar-refractivity contribution in [1.82, 2.24) is 19.8 Å². The number of hydrogen-bond acceptors (Lipinski definition) is 6. The lowest BCUT2D eigenvalue weighted by molar-refractivity contribution is 0.208. The van der Waals surface area contributed by atoms with Crippen LogP contribution in [0, 0.1) is 6.92 Å². The number of carbonyl (C=O) groups excluding carboxylic acids is 1. The summed E-state index contributed by atoms with van der Waals surface area (Å²) in [6.45, 7) is 8.73. The highest BCUT2D eigenvalue weighted by Crippen LogP contribution is 2.22. The Labute approximate surface area is 182 Å². The van der Waals surface area contributed by atoms with Crippen molar-refractivity contribution in [2.45, 2.75) is 6.92 Å². The highest BCUT2D eigenvalue weighted by molar-refractivity contribution is 6.30. The van der Waals surface area contributed by atoms with Crippen molar-refractivity contribution in [2.24, 2.45) is 0 Å². The SMILES string of the molecule is Cc1nc(N2CCN(C)CC2)cc(N2CCN(C(=O)Nc3cccc(Cl)c3)CC2)n1. The topological polar surface area (TPSA) is 67.8 Å². The number of urea groups is 1. The van der Waals surface area contributed by atoms with Crippen molar-refractivity contribution >= 4 is 35.0 Å². The summed E-state index contributed by atoms with van der Waals surface area (Å²) in [4.78, 5) is 30.6. The van der Waals surface area contributed by atoms with Crippen LogP contribution in [-0.2, 0) is 0 Å². The maximum absolute atomic E-state index is 12.6. The average molecular weight is 430 g/mol. The Kier molecular flexibility index (Phi) is 6.24. The molecule has 2 saturated heterocycles. The Hall–Kier alpha value is -2.58. The van der Waals surface area contributed by atoms with Crippen LogP contribution in [0.1, 0.15) is 5.82 Å². The minimum absolute atomic E-state index is 0.103. The second-order valence-electron chi connectivity index (χ2n) is 7.84. The molecule has 1 N–H and O–H groups in total. The Morgan fingerprint density at radius 1 is 0.933 bits per heavy atom. The number of benzene rings is 1. The molecule has 0 aliphatic carbocycles. The van der Waals surface area contributed by atoms with Crippen LogP contribution in [0.5, 0.6) is 0 Å². The number of hydrogen-bond donors (Lipinski definition) is 1. The lowest BCUT2D eigenvalue weighted by Gasteiger charge is -2.36. The number of aromatic nitrogens is 2. The first-order valence-corrected chi connectivity index (χ1v) is 10.7. The number of nitrogens with zero attached hydrogens (tertiary/aromatic N) is 6. The van der Waals surface area contributed by atoms with Crippen LogP contribution in [0.25, 0.3) is 0 Å². The van der Waals surface area contributed by atoms with Crippen molar-refractivity contribution in [2.75, 3.05) is 74.5 Å². The molecule has 2 aromatic rings. The van der Waals surface area contributed by atoms with Crippen LogP contribution in [0.4, 0.5) is 22.1 Å². The lowest BCUT2D eigenvalue weighted by atomic mass is 10.3. The van der Waals surface area contributed by atoms with Gasteiger partial charge in [-0.25, -0.2) is 14.8 Å². The third kappa shape index (κ3) is 4.94. The van der Waals surface area contributed by atoms with Gasteiger partial charge in [-0.05, 0) is 32.2 Å². The monoisotopic (exact) mass is 429 g/mol. The molecule has 0 saturated carbocycles. The smallest absolute Gasteiger partial charge is 0.321 e. The van der Waals surface area contributed by atoms with Gasteiger partial charge in [-0.3, -0.25) is 0 Å². The van der Waals surface area contributed by atoms with Gasteiger partial charge in [0.05, 0.1) is 0 Å². The van der Waals surface area contributed by atoms with Crippen LogP contribution in [0.3, 0.4) is 0 Å². The summed E-state index contributed by atoms with van der Waals surface area (Å²) in [5.74, 6) is 2.71. The quantitative estimate of drug-likeness (QED) is 0.808. The highest BCUT2D eigenvalue weighted by atomic mass is 35.5. The van der Waals surface area contributed by atoms with E-state index in [1.165, 1.54) is 0 Å². The summed E-state index contributed by atoms with van der Waals surface area (Å²) in [6, 6.07) is 9.18. The molecular weight excluding hydrogens is 402 g/mol. The normalized spacial score (nSPS) is 17.9. The Balaban J connectivity index is 1.37. The van der Waals surface area contributed by atoms with Crippen LogP contribution in [0.15, 0.2) is 30.3 Å². The number of piperazine rings is 2. The summed E-state index contributed by atoms with van der Waals surface area (Å²) in [5.41, 5.74) is 0.707. The second-order valence-corrected chi connectivity index (χ2v) is 8.27. The molecule has 2 fully saturated rings. The van der Waals surface area contributed by atoms with E-state index in [0.29, 0.717) is 23.8 Å². The third-order valence-corrected chi connectivity index (χ3v) is 5.84. The second kappa shape index (κ2) is 9.06. The number of rotatable bonds is 3. The molecule has 2 aliphatic heterocycles. The number of nitrogens with one attached hydrogen (secondary N) is 1. The van der Waals surface area contributed by atoms with E-state index >= 15 is 0 Å². The molecule has 0 unspecified atom stereocenters. The van der Waals surface area contributed by atoms with Crippen LogP contribution < -0.4 is 15.1 Å². The molecule has 0 bridgehead atoms. The summed E-state index contributed by atoms with van der Waals surface area (Å²) in [7, 11) is 2.15. The van der Waals surface area contributed by atoms with Crippen molar-refractivity contribution < 1.29 is 4.79 Å². The van der Waals surface area contributed by atoms with E-state index in [2.05, 4.69) is 43.1 Å². The Morgan fingerprint density at radius 2 is 1.53 bits per heavy atom. The van der Waals surface area contributed by atoms with Crippen molar-refractivity contribution in [1.29, 1.82) is 0 Å². The standard InChI is InChI=1S/C21H28ClN7O/c1-16-23-19(27-8-6-26(2)7-9-27)15-20(24-16)28-10-12-29(13-11-28)21(30)25-18-5-3-4-17(22)14-18/h3-5,14-15H,6-13H2,1-2H3,(H,25,30). The zero-order valence-electron chi connectivity index (χ0n) is 17.5. The van der Waals surface area contributed by atoms with E-state index in [0.717, 1.165) is 56.7 Å². The fourth-order valence-electron chi connectivity index (χ4n) is 3.80. The number of halogens is 1. The first kappa shape index (κ1) is 20.7. The molecule has 8 nitrogen and oxygen atoms in total. The van der Waals surface area contributed by atoms with Gasteiger partial charge >= 0.3 is 6.03 Å². The van der Waals surface area contributed by atoms with Crippen LogP contribution in [0.2, 0.25) is 5.02 Å². The molecule has 2 amide bonds. The molecule has 0 spiro atoms. The van der Waals surface area contributed by atoms with E-state index in [9.17, 15) is 4.79 Å². The Bertz CT molecular complexity index is 893. The van der Waals surface area contributed by atoms with Gasteiger partial charge in [-0.15, -0.1) is 0 Å². The molecular formula is C21H28ClN7O. The van der Waals surface area contributed by atoms with Gasteiger partial charge in [0.2, 0.25) is 0 Å². The fourth-order valence-corrected chi connectivity index (χ4v) is 3.99. The number of amides is 2. The molecule has 3 heterocycles. The van der Waals surface area contributed by atoms with Gasteiger partial charge in [0, 0.05) is 69.1 Å². The predicted molar refractivity (Wildman–Crippen MR) is 121 cm³/mol. The van der Waals surface area contributed by atoms with E-state index in [4.69, 9.17) is 11.6 Å². The molecule has 1 aromatic heterocycles. The minimum Gasteiger partial charge on any atom is -0.354 e. The highest BCUT2D eigenvalue weighted by Gasteiger charge is 2.24. The van der Waals surface area contributed by atoms with E-state index in [-0.39, 0.29) is 6.03 Å². The number of anilines is 3. The number of aryl methyl sites for hydroxylation is 1. The largest absolute Gasteiger partial charge is 0.354 e. The molecule has 2 aliphatic rings. The van der Waals surface area contributed by atoms with E-state index < -0.39 is 0 Å². The van der Waals surface area contributed by atoms with Crippen LogP contribution >= 0.6 is 11.6 Å². The average Bonchev–Trinajstić information content (AvgIpc) is 2.74. The van der Waals surface area contributed by atoms with Crippen molar-refractivity contribution in [3.05, 3.63) is 41.2 Å². The maximum atomic E-state index is 12.6. The first-order chi connectivity index (χ1) is 14.5. The van der Waals surface area contributed by atoms with Gasteiger partial charge in [-0.1, -0.05) is 17.7 Å². The maximum Gasteiger partial charge on any atom is 0.321 e. The van der Waals surface area contributed by atoms with Gasteiger partial charge in [0.1, 0.15) is 17.5 Å². The van der Waals surface area contributed by atoms with Crippen LogP contribution in [-0.4, -0.2) is 85.2 Å². The molecule has 160 valence electrons. The molecule has 1 aromatic carbocycles. The molecule has 9 heteroatoms. The predicted octanol–water partition coefficient (Wildman–Crippen LogP) is 2.54. The fraction of sp³-hybridized carbons (Fsp3) is 0.476. The summed E-state index contributed by atoms with van der Waals surface area (Å²) < 4.78 is 0. The number of carbonyl (C=O) groups is 1. The molecule has 4 rings (SSSR count). The van der Waals surface area contributed by atoms with Gasteiger partial charge in [0.15, 0.2) is 0 Å². The summed E-state index contributed by atoms with van der Waals surface area (Å²) >= 11 is 6.00. The molecule has 30 heavy (non-hydrogen) atoms. The van der Waals surface area contributed by atoms with Gasteiger partial charge < -0.3 is 24.9 Å². The minimum atomic E-state index is -0.103. The van der Waals surface area contributed by atoms with Gasteiger partial charge in [0.25, 0.3) is 0 Å².